The number of halogens is 2. The minimum absolute atomic E-state index is 0.0508. The molecule has 0 aliphatic carbocycles. The number of imide groups is 1. The maximum atomic E-state index is 12.9. The summed E-state index contributed by atoms with van der Waals surface area (Å²) in [6.07, 6.45) is 1.54. The number of carbonyl (C=O) groups excluding carboxylic acids is 2. The fourth-order valence-electron chi connectivity index (χ4n) is 3.39. The number of hydrogen-bond acceptors (Lipinski definition) is 8. The van der Waals surface area contributed by atoms with Gasteiger partial charge in [0.1, 0.15) is 17.3 Å². The van der Waals surface area contributed by atoms with E-state index in [-0.39, 0.29) is 45.5 Å². The third kappa shape index (κ3) is 6.71. The van der Waals surface area contributed by atoms with Gasteiger partial charge >= 0.3 is 10.1 Å². The second-order valence-corrected chi connectivity index (χ2v) is 11.6. The Morgan fingerprint density at radius 2 is 1.74 bits per heavy atom. The monoisotopic (exact) mass is 637 g/mol. The van der Waals surface area contributed by atoms with Crippen LogP contribution >= 0.6 is 39.3 Å². The first kappa shape index (κ1) is 28.0. The zero-order chi connectivity index (χ0) is 27.3. The number of ether oxygens (including phenoxy) is 2. The summed E-state index contributed by atoms with van der Waals surface area (Å²) in [5, 5.41) is -0.0198. The summed E-state index contributed by atoms with van der Waals surface area (Å²) in [6.45, 7) is 2.22. The van der Waals surface area contributed by atoms with Crippen LogP contribution < -0.4 is 13.7 Å². The molecule has 3 aromatic rings. The van der Waals surface area contributed by atoms with Crippen LogP contribution in [0.25, 0.3) is 6.08 Å². The molecule has 12 heteroatoms. The molecule has 0 saturated carbocycles. The summed E-state index contributed by atoms with van der Waals surface area (Å²) in [6, 6.07) is 17.8. The summed E-state index contributed by atoms with van der Waals surface area (Å²) in [5.41, 5.74) is 0.502. The van der Waals surface area contributed by atoms with Gasteiger partial charge in [-0.2, -0.15) is 8.42 Å². The van der Waals surface area contributed by atoms with Crippen molar-refractivity contribution in [3.63, 3.8) is 0 Å². The Labute approximate surface area is 237 Å². The third-order valence-corrected chi connectivity index (χ3v) is 8.11. The van der Waals surface area contributed by atoms with E-state index in [4.69, 9.17) is 25.3 Å². The second-order valence-electron chi connectivity index (χ2n) is 7.75. The molecule has 0 aromatic heterocycles. The van der Waals surface area contributed by atoms with Crippen LogP contribution in [0.4, 0.5) is 4.79 Å². The van der Waals surface area contributed by atoms with E-state index in [1.165, 1.54) is 36.4 Å². The Kier molecular flexibility index (Phi) is 9.03. The molecule has 1 saturated heterocycles. The number of carbonyl (C=O) groups is 2. The molecule has 0 N–H and O–H groups in total. The van der Waals surface area contributed by atoms with E-state index in [0.29, 0.717) is 16.3 Å². The maximum absolute atomic E-state index is 12.9. The molecule has 38 heavy (non-hydrogen) atoms. The van der Waals surface area contributed by atoms with Gasteiger partial charge < -0.3 is 13.7 Å². The quantitative estimate of drug-likeness (QED) is 0.186. The molecule has 0 bridgehead atoms. The number of para-hydroxylation sites is 1. The third-order valence-electron chi connectivity index (χ3n) is 5.13. The van der Waals surface area contributed by atoms with Gasteiger partial charge in [0.05, 0.1) is 22.5 Å². The number of benzene rings is 3. The van der Waals surface area contributed by atoms with Crippen LogP contribution in [0.15, 0.2) is 81.0 Å². The molecule has 198 valence electrons. The second kappa shape index (κ2) is 12.2. The number of thioether (sulfide) groups is 1. The van der Waals surface area contributed by atoms with Crippen molar-refractivity contribution in [2.45, 2.75) is 11.8 Å². The van der Waals surface area contributed by atoms with Crippen LogP contribution in [0.3, 0.4) is 0 Å². The van der Waals surface area contributed by atoms with Crippen molar-refractivity contribution in [1.29, 1.82) is 0 Å². The van der Waals surface area contributed by atoms with Crippen LogP contribution in [0.2, 0.25) is 5.02 Å². The van der Waals surface area contributed by atoms with Crippen molar-refractivity contribution >= 4 is 66.6 Å². The van der Waals surface area contributed by atoms with Gasteiger partial charge in [0.15, 0.2) is 11.5 Å². The molecule has 2 amide bonds. The van der Waals surface area contributed by atoms with Gasteiger partial charge in [-0.15, -0.1) is 0 Å². The van der Waals surface area contributed by atoms with Crippen molar-refractivity contribution in [3.8, 4) is 17.2 Å². The van der Waals surface area contributed by atoms with Gasteiger partial charge in [-0.05, 0) is 94.8 Å². The van der Waals surface area contributed by atoms with Crippen LogP contribution in [-0.2, 0) is 14.9 Å². The number of amides is 2. The SMILES string of the molecule is CCOc1cc(/C=C2\SC(=O)N(CCOc3ccccc3)C2=O)cc(Br)c1OS(=O)(=O)c1ccc(Cl)cc1. The van der Waals surface area contributed by atoms with E-state index < -0.39 is 21.3 Å². The fourth-order valence-corrected chi connectivity index (χ4v) is 5.99. The first-order valence-corrected chi connectivity index (χ1v) is 14.7. The molecule has 1 aliphatic heterocycles. The summed E-state index contributed by atoms with van der Waals surface area (Å²) in [7, 11) is -4.19. The number of rotatable bonds is 10. The molecular weight excluding hydrogens is 618 g/mol. The molecule has 3 aromatic carbocycles. The largest absolute Gasteiger partial charge is 0.492 e. The molecule has 0 unspecified atom stereocenters. The van der Waals surface area contributed by atoms with Gasteiger partial charge in [0, 0.05) is 5.02 Å². The fraction of sp³-hybridized carbons (Fsp3) is 0.154. The lowest BCUT2D eigenvalue weighted by molar-refractivity contribution is -0.123. The van der Waals surface area contributed by atoms with E-state index in [1.54, 1.807) is 25.1 Å². The van der Waals surface area contributed by atoms with Crippen LogP contribution in [0.5, 0.6) is 17.2 Å². The average molecular weight is 639 g/mol. The minimum Gasteiger partial charge on any atom is -0.492 e. The zero-order valence-electron chi connectivity index (χ0n) is 19.9. The number of nitrogens with zero attached hydrogens (tertiary/aromatic N) is 1. The van der Waals surface area contributed by atoms with Crippen LogP contribution in [0, 0.1) is 0 Å². The molecule has 4 rings (SSSR count). The Bertz CT molecular complexity index is 1480. The summed E-state index contributed by atoms with van der Waals surface area (Å²) < 4.78 is 42.5. The van der Waals surface area contributed by atoms with Crippen LogP contribution in [-0.4, -0.2) is 44.2 Å². The molecule has 0 radical (unpaired) electrons. The summed E-state index contributed by atoms with van der Waals surface area (Å²) in [4.78, 5) is 26.6. The van der Waals surface area contributed by atoms with E-state index >= 15 is 0 Å². The molecule has 0 atom stereocenters. The lowest BCUT2D eigenvalue weighted by Gasteiger charge is -2.15. The predicted molar refractivity (Wildman–Crippen MR) is 149 cm³/mol. The predicted octanol–water partition coefficient (Wildman–Crippen LogP) is 6.38. The van der Waals surface area contributed by atoms with Crippen molar-refractivity contribution < 1.29 is 31.7 Å². The van der Waals surface area contributed by atoms with Crippen molar-refractivity contribution in [2.24, 2.45) is 0 Å². The summed E-state index contributed by atoms with van der Waals surface area (Å²) in [5.74, 6) is 0.284. The average Bonchev–Trinajstić information content (AvgIpc) is 3.14. The topological polar surface area (TPSA) is 99.2 Å². The van der Waals surface area contributed by atoms with Crippen molar-refractivity contribution in [2.75, 3.05) is 19.8 Å². The van der Waals surface area contributed by atoms with Gasteiger partial charge in [-0.25, -0.2) is 0 Å². The Morgan fingerprint density at radius 3 is 2.42 bits per heavy atom. The Balaban J connectivity index is 1.53. The van der Waals surface area contributed by atoms with E-state index in [2.05, 4.69) is 15.9 Å². The highest BCUT2D eigenvalue weighted by Crippen LogP contribution is 2.40. The maximum Gasteiger partial charge on any atom is 0.339 e. The van der Waals surface area contributed by atoms with Gasteiger partial charge in [-0.3, -0.25) is 14.5 Å². The number of hydrogen-bond donors (Lipinski definition) is 0. The normalized spacial score (nSPS) is 14.7. The van der Waals surface area contributed by atoms with Crippen molar-refractivity contribution in [3.05, 3.63) is 86.7 Å². The van der Waals surface area contributed by atoms with Gasteiger partial charge in [0.25, 0.3) is 11.1 Å². The van der Waals surface area contributed by atoms with E-state index in [1.807, 2.05) is 18.2 Å². The van der Waals surface area contributed by atoms with E-state index in [9.17, 15) is 18.0 Å². The molecule has 1 aliphatic rings. The lowest BCUT2D eigenvalue weighted by Crippen LogP contribution is -2.32. The Morgan fingerprint density at radius 1 is 1.03 bits per heavy atom. The lowest BCUT2D eigenvalue weighted by atomic mass is 10.2. The first-order chi connectivity index (χ1) is 18.2. The first-order valence-electron chi connectivity index (χ1n) is 11.3. The summed E-state index contributed by atoms with van der Waals surface area (Å²) >= 11 is 10.0. The van der Waals surface area contributed by atoms with Crippen LogP contribution in [0.1, 0.15) is 12.5 Å². The van der Waals surface area contributed by atoms with Gasteiger partial charge in [0.2, 0.25) is 0 Å². The Hall–Kier alpha value is -2.99. The zero-order valence-corrected chi connectivity index (χ0v) is 23.9. The minimum atomic E-state index is -4.19. The smallest absolute Gasteiger partial charge is 0.339 e. The molecule has 1 fully saturated rings. The van der Waals surface area contributed by atoms with Gasteiger partial charge in [-0.1, -0.05) is 29.8 Å². The van der Waals surface area contributed by atoms with Crippen molar-refractivity contribution in [1.82, 2.24) is 4.90 Å². The molecular formula is C26H21BrClNO7S2. The highest BCUT2D eigenvalue weighted by atomic mass is 79.9. The highest BCUT2D eigenvalue weighted by Gasteiger charge is 2.35. The standard InChI is InChI=1S/C26H21BrClNO7S2/c1-2-34-22-15-17(14-21(27)24(22)36-38(32,33)20-10-8-18(28)9-11-20)16-23-25(30)29(26(31)37-23)12-13-35-19-6-4-3-5-7-19/h3-11,14-16H,2,12-13H2,1H3/b23-16-. The highest BCUT2D eigenvalue weighted by molar-refractivity contribution is 9.10. The van der Waals surface area contributed by atoms with E-state index in [0.717, 1.165) is 16.7 Å². The molecule has 1 heterocycles. The molecule has 8 nitrogen and oxygen atoms in total. The molecule has 0 spiro atoms.